The first-order chi connectivity index (χ1) is 12.3. The Bertz CT molecular complexity index is 968. The standard InChI is InChI=1S/C18H16.C5H5ClO/c1-3-7-15-13(5-1)9-11-18-16-8-4-2-6-14(16)10-12-17(15)18;6-5-1-3-7-4-2-5/h1,3,5,7,9-12H,2,4,6,8H2;1-3H,4H2. The first kappa shape index (κ1) is 16.2. The average Bonchev–Trinajstić information content (AvgIpc) is 2.68. The van der Waals surface area contributed by atoms with Gasteiger partial charge in [0.1, 0.15) is 6.61 Å². The number of allylic oxidation sites excluding steroid dienone is 2. The van der Waals surface area contributed by atoms with Gasteiger partial charge in [-0.3, -0.25) is 0 Å². The Labute approximate surface area is 153 Å². The Morgan fingerprint density at radius 1 is 0.800 bits per heavy atom. The molecule has 3 aromatic carbocycles. The van der Waals surface area contributed by atoms with Crippen molar-refractivity contribution in [3.8, 4) is 0 Å². The number of hydrogen-bond donors (Lipinski definition) is 0. The maximum atomic E-state index is 5.51. The number of halogens is 1. The second-order valence-corrected chi connectivity index (χ2v) is 6.95. The Morgan fingerprint density at radius 3 is 2.44 bits per heavy atom. The molecule has 1 nitrogen and oxygen atoms in total. The van der Waals surface area contributed by atoms with Crippen LogP contribution in [-0.4, -0.2) is 6.61 Å². The van der Waals surface area contributed by atoms with Crippen LogP contribution in [0.25, 0.3) is 21.5 Å². The van der Waals surface area contributed by atoms with E-state index in [1.165, 1.54) is 47.2 Å². The lowest BCUT2D eigenvalue weighted by Crippen LogP contribution is -2.02. The van der Waals surface area contributed by atoms with Gasteiger partial charge in [0.2, 0.25) is 0 Å². The first-order valence-corrected chi connectivity index (χ1v) is 9.27. The predicted octanol–water partition coefficient (Wildman–Crippen LogP) is 6.52. The third-order valence-electron chi connectivity index (χ3n) is 4.96. The van der Waals surface area contributed by atoms with Crippen LogP contribution in [0, 0.1) is 0 Å². The minimum absolute atomic E-state index is 0.606. The molecule has 0 unspecified atom stereocenters. The molecular formula is C23H21ClO. The van der Waals surface area contributed by atoms with Gasteiger partial charge in [-0.05, 0) is 70.5 Å². The summed E-state index contributed by atoms with van der Waals surface area (Å²) in [6.07, 6.45) is 10.3. The summed E-state index contributed by atoms with van der Waals surface area (Å²) in [4.78, 5) is 0. The van der Waals surface area contributed by atoms with Crippen LogP contribution in [0.3, 0.4) is 0 Å². The molecule has 0 atom stereocenters. The number of rotatable bonds is 0. The molecule has 126 valence electrons. The van der Waals surface area contributed by atoms with E-state index in [-0.39, 0.29) is 0 Å². The summed E-state index contributed by atoms with van der Waals surface area (Å²) in [5, 5.41) is 6.40. The van der Waals surface area contributed by atoms with E-state index in [2.05, 4.69) is 48.5 Å². The highest BCUT2D eigenvalue weighted by Gasteiger charge is 2.13. The van der Waals surface area contributed by atoms with E-state index in [0.29, 0.717) is 6.61 Å². The van der Waals surface area contributed by atoms with Crippen molar-refractivity contribution >= 4 is 33.1 Å². The monoisotopic (exact) mass is 348 g/mol. The van der Waals surface area contributed by atoms with Gasteiger partial charge < -0.3 is 4.74 Å². The highest BCUT2D eigenvalue weighted by molar-refractivity contribution is 6.31. The smallest absolute Gasteiger partial charge is 0.107 e. The molecule has 25 heavy (non-hydrogen) atoms. The first-order valence-electron chi connectivity index (χ1n) is 8.89. The van der Waals surface area contributed by atoms with E-state index >= 15 is 0 Å². The molecule has 1 aliphatic carbocycles. The van der Waals surface area contributed by atoms with Crippen molar-refractivity contribution in [1.82, 2.24) is 0 Å². The van der Waals surface area contributed by atoms with Gasteiger partial charge in [-0.2, -0.15) is 0 Å². The van der Waals surface area contributed by atoms with Crippen LogP contribution in [0.5, 0.6) is 0 Å². The molecule has 0 aromatic heterocycles. The molecule has 1 heterocycles. The number of fused-ring (bicyclic) bond motifs is 5. The van der Waals surface area contributed by atoms with Gasteiger partial charge in [-0.25, -0.2) is 0 Å². The van der Waals surface area contributed by atoms with Crippen molar-refractivity contribution in [2.45, 2.75) is 25.7 Å². The summed E-state index contributed by atoms with van der Waals surface area (Å²) in [6.45, 7) is 0.606. The van der Waals surface area contributed by atoms with Crippen molar-refractivity contribution in [1.29, 1.82) is 0 Å². The van der Waals surface area contributed by atoms with Crippen LogP contribution < -0.4 is 0 Å². The zero-order valence-electron chi connectivity index (χ0n) is 14.2. The fourth-order valence-electron chi connectivity index (χ4n) is 3.71. The molecule has 0 fully saturated rings. The number of hydrogen-bond acceptors (Lipinski definition) is 1. The van der Waals surface area contributed by atoms with Gasteiger partial charge in [-0.15, -0.1) is 0 Å². The largest absolute Gasteiger partial charge is 0.497 e. The number of aryl methyl sites for hydroxylation is 2. The molecule has 0 spiro atoms. The van der Waals surface area contributed by atoms with E-state index in [0.717, 1.165) is 5.03 Å². The lowest BCUT2D eigenvalue weighted by Gasteiger charge is -2.18. The van der Waals surface area contributed by atoms with E-state index in [4.69, 9.17) is 16.3 Å². The fraction of sp³-hybridized carbons (Fsp3) is 0.217. The molecule has 3 aromatic rings. The highest BCUT2D eigenvalue weighted by Crippen LogP contribution is 2.33. The summed E-state index contributed by atoms with van der Waals surface area (Å²) >= 11 is 5.51. The summed E-state index contributed by atoms with van der Waals surface area (Å²) in [7, 11) is 0. The summed E-state index contributed by atoms with van der Waals surface area (Å²) in [5.74, 6) is 0. The molecule has 1 aliphatic heterocycles. The topological polar surface area (TPSA) is 9.23 Å². The van der Waals surface area contributed by atoms with Crippen molar-refractivity contribution in [2.75, 3.05) is 6.61 Å². The molecule has 0 N–H and O–H groups in total. The third-order valence-corrected chi connectivity index (χ3v) is 5.24. The maximum Gasteiger partial charge on any atom is 0.107 e. The molecule has 2 aliphatic rings. The van der Waals surface area contributed by atoms with Crippen LogP contribution in [0.1, 0.15) is 24.0 Å². The molecular weight excluding hydrogens is 328 g/mol. The molecule has 0 saturated carbocycles. The van der Waals surface area contributed by atoms with E-state index in [1.54, 1.807) is 23.5 Å². The second-order valence-electron chi connectivity index (χ2n) is 6.52. The number of ether oxygens (including phenoxy) is 1. The van der Waals surface area contributed by atoms with Gasteiger partial charge in [-0.1, -0.05) is 60.1 Å². The quantitative estimate of drug-likeness (QED) is 0.420. The zero-order chi connectivity index (χ0) is 17.1. The molecule has 5 rings (SSSR count). The Hall–Kier alpha value is -2.25. The lowest BCUT2D eigenvalue weighted by molar-refractivity contribution is 0.285. The zero-order valence-corrected chi connectivity index (χ0v) is 14.9. The Morgan fingerprint density at radius 2 is 1.64 bits per heavy atom. The average molecular weight is 349 g/mol. The van der Waals surface area contributed by atoms with Gasteiger partial charge in [0, 0.05) is 5.03 Å². The maximum absolute atomic E-state index is 5.51. The summed E-state index contributed by atoms with van der Waals surface area (Å²) in [6, 6.07) is 18.0. The minimum Gasteiger partial charge on any atom is -0.497 e. The molecule has 0 saturated heterocycles. The van der Waals surface area contributed by atoms with E-state index in [1.807, 2.05) is 6.08 Å². The van der Waals surface area contributed by atoms with Gasteiger partial charge in [0.05, 0.1) is 6.26 Å². The highest BCUT2D eigenvalue weighted by atomic mass is 35.5. The molecule has 2 heteroatoms. The predicted molar refractivity (Wildman–Crippen MR) is 107 cm³/mol. The van der Waals surface area contributed by atoms with Gasteiger partial charge in [0.25, 0.3) is 0 Å². The van der Waals surface area contributed by atoms with Crippen molar-refractivity contribution in [3.05, 3.63) is 83.1 Å². The normalized spacial score (nSPS) is 15.8. The van der Waals surface area contributed by atoms with Crippen LogP contribution in [0.4, 0.5) is 0 Å². The van der Waals surface area contributed by atoms with Crippen molar-refractivity contribution < 1.29 is 4.74 Å². The summed E-state index contributed by atoms with van der Waals surface area (Å²) < 4.78 is 4.80. The van der Waals surface area contributed by atoms with E-state index < -0.39 is 0 Å². The Kier molecular flexibility index (Phi) is 4.76. The minimum atomic E-state index is 0.606. The third kappa shape index (κ3) is 3.43. The van der Waals surface area contributed by atoms with Crippen LogP contribution in [0.15, 0.2) is 72.0 Å². The van der Waals surface area contributed by atoms with Crippen LogP contribution in [-0.2, 0) is 17.6 Å². The van der Waals surface area contributed by atoms with E-state index in [9.17, 15) is 0 Å². The van der Waals surface area contributed by atoms with Crippen LogP contribution >= 0.6 is 11.6 Å². The van der Waals surface area contributed by atoms with Crippen molar-refractivity contribution in [2.24, 2.45) is 0 Å². The van der Waals surface area contributed by atoms with Crippen molar-refractivity contribution in [3.63, 3.8) is 0 Å². The molecule has 0 bridgehead atoms. The second kappa shape index (κ2) is 7.33. The fourth-order valence-corrected chi connectivity index (χ4v) is 3.82. The summed E-state index contributed by atoms with van der Waals surface area (Å²) in [5.41, 5.74) is 3.17. The van der Waals surface area contributed by atoms with Gasteiger partial charge in [0.15, 0.2) is 0 Å². The number of benzene rings is 3. The molecule has 0 radical (unpaired) electrons. The molecule has 0 amide bonds. The lowest BCUT2D eigenvalue weighted by atomic mass is 9.86. The van der Waals surface area contributed by atoms with Crippen LogP contribution in [0.2, 0.25) is 0 Å². The van der Waals surface area contributed by atoms with Gasteiger partial charge >= 0.3 is 0 Å². The SMILES string of the molecule is ClC1=CCOC=C1.c1ccc2c(c1)ccc1c3c(ccc12)CCCC3. The Balaban J connectivity index is 0.000000190.